The Morgan fingerprint density at radius 2 is 2.27 bits per heavy atom. The topological polar surface area (TPSA) is 37.9 Å². The molecule has 0 bridgehead atoms. The van der Waals surface area contributed by atoms with Crippen LogP contribution in [0.15, 0.2) is 6.07 Å². The Hall–Kier alpha value is -0.740. The van der Waals surface area contributed by atoms with E-state index >= 15 is 0 Å². The van der Waals surface area contributed by atoms with Gasteiger partial charge >= 0.3 is 0 Å². The van der Waals surface area contributed by atoms with Gasteiger partial charge in [-0.2, -0.15) is 0 Å². The summed E-state index contributed by atoms with van der Waals surface area (Å²) in [6.07, 6.45) is 1.02. The molecule has 1 heterocycles. The highest BCUT2D eigenvalue weighted by molar-refractivity contribution is 7.71. The second-order valence-corrected chi connectivity index (χ2v) is 4.25. The van der Waals surface area contributed by atoms with Crippen LogP contribution in [0.3, 0.4) is 0 Å². The molecule has 1 aromatic rings. The molecule has 0 aromatic carbocycles. The van der Waals surface area contributed by atoms with Gasteiger partial charge in [0.1, 0.15) is 17.1 Å². The number of rotatable bonds is 5. The van der Waals surface area contributed by atoms with Crippen molar-refractivity contribution in [1.29, 1.82) is 0 Å². The van der Waals surface area contributed by atoms with Crippen LogP contribution >= 0.6 is 12.2 Å². The van der Waals surface area contributed by atoms with Crippen LogP contribution in [-0.4, -0.2) is 16.6 Å². The number of hydrogen-bond donors (Lipinski definition) is 1. The van der Waals surface area contributed by atoms with Crippen molar-refractivity contribution in [3.05, 3.63) is 22.2 Å². The summed E-state index contributed by atoms with van der Waals surface area (Å²) in [7, 11) is 0. The first-order valence-corrected chi connectivity index (χ1v) is 5.72. The van der Waals surface area contributed by atoms with Gasteiger partial charge in [-0.1, -0.05) is 33.0 Å². The van der Waals surface area contributed by atoms with E-state index in [0.717, 1.165) is 24.5 Å². The molecule has 0 saturated carbocycles. The molecule has 0 radical (unpaired) electrons. The van der Waals surface area contributed by atoms with Crippen molar-refractivity contribution >= 4 is 12.2 Å². The van der Waals surface area contributed by atoms with Crippen LogP contribution in [0.25, 0.3) is 0 Å². The van der Waals surface area contributed by atoms with Crippen molar-refractivity contribution in [2.24, 2.45) is 0 Å². The second-order valence-electron chi connectivity index (χ2n) is 3.83. The van der Waals surface area contributed by atoms with E-state index < -0.39 is 0 Å². The fourth-order valence-corrected chi connectivity index (χ4v) is 1.46. The van der Waals surface area contributed by atoms with Gasteiger partial charge in [0, 0.05) is 12.3 Å². The van der Waals surface area contributed by atoms with Crippen molar-refractivity contribution in [3.63, 3.8) is 0 Å². The maximum Gasteiger partial charge on any atom is 0.134 e. The largest absolute Gasteiger partial charge is 0.374 e. The molecule has 15 heavy (non-hydrogen) atoms. The van der Waals surface area contributed by atoms with Crippen molar-refractivity contribution in [2.45, 2.75) is 39.7 Å². The quantitative estimate of drug-likeness (QED) is 0.619. The maximum atomic E-state index is 5.42. The van der Waals surface area contributed by atoms with Gasteiger partial charge < -0.3 is 9.72 Å². The second kappa shape index (κ2) is 5.98. The minimum atomic E-state index is 0.430. The molecule has 0 aliphatic carbocycles. The third kappa shape index (κ3) is 4.10. The molecular weight excluding hydrogens is 208 g/mol. The average molecular weight is 226 g/mol. The molecule has 0 amide bonds. The van der Waals surface area contributed by atoms with E-state index in [4.69, 9.17) is 17.0 Å². The molecule has 0 saturated heterocycles. The molecule has 0 unspecified atom stereocenters. The SMILES string of the molecule is CCCOCc1nc(=S)cc(C(C)C)[nH]1. The maximum absolute atomic E-state index is 5.42. The zero-order valence-corrected chi connectivity index (χ0v) is 10.4. The molecule has 3 nitrogen and oxygen atoms in total. The number of ether oxygens (including phenoxy) is 1. The van der Waals surface area contributed by atoms with Crippen LogP contribution in [0, 0.1) is 4.64 Å². The highest BCUT2D eigenvalue weighted by atomic mass is 32.1. The summed E-state index contributed by atoms with van der Waals surface area (Å²) in [4.78, 5) is 7.46. The van der Waals surface area contributed by atoms with Crippen LogP contribution in [0.2, 0.25) is 0 Å². The molecule has 1 aromatic heterocycles. The van der Waals surface area contributed by atoms with Crippen LogP contribution in [0.5, 0.6) is 0 Å². The first-order chi connectivity index (χ1) is 7.13. The third-order valence-electron chi connectivity index (χ3n) is 2.02. The number of nitrogens with one attached hydrogen (secondary N) is 1. The van der Waals surface area contributed by atoms with E-state index in [1.54, 1.807) is 0 Å². The van der Waals surface area contributed by atoms with E-state index in [1.165, 1.54) is 0 Å². The Kier molecular flexibility index (Phi) is 4.91. The molecule has 84 valence electrons. The standard InChI is InChI=1S/C11H18N2OS/c1-4-5-14-7-10-12-9(8(2)3)6-11(15)13-10/h6,8H,4-5,7H2,1-3H3,(H,12,13,15). The zero-order valence-electron chi connectivity index (χ0n) is 9.54. The average Bonchev–Trinajstić information content (AvgIpc) is 2.17. The summed E-state index contributed by atoms with van der Waals surface area (Å²) in [6, 6.07) is 1.91. The van der Waals surface area contributed by atoms with Crippen LogP contribution < -0.4 is 0 Å². The summed E-state index contributed by atoms with van der Waals surface area (Å²) in [5.74, 6) is 1.25. The molecule has 1 rings (SSSR count). The minimum absolute atomic E-state index is 0.430. The van der Waals surface area contributed by atoms with E-state index in [2.05, 4.69) is 30.7 Å². The lowest BCUT2D eigenvalue weighted by Crippen LogP contribution is -2.04. The van der Waals surface area contributed by atoms with E-state index in [1.807, 2.05) is 6.07 Å². The number of hydrogen-bond acceptors (Lipinski definition) is 3. The van der Waals surface area contributed by atoms with E-state index in [-0.39, 0.29) is 0 Å². The molecular formula is C11H18N2OS. The number of aromatic nitrogens is 2. The summed E-state index contributed by atoms with van der Waals surface area (Å²) >= 11 is 5.10. The van der Waals surface area contributed by atoms with Crippen molar-refractivity contribution in [2.75, 3.05) is 6.61 Å². The van der Waals surface area contributed by atoms with Crippen LogP contribution in [0.4, 0.5) is 0 Å². The summed E-state index contributed by atoms with van der Waals surface area (Å²) in [5.41, 5.74) is 1.12. The lowest BCUT2D eigenvalue weighted by molar-refractivity contribution is 0.116. The van der Waals surface area contributed by atoms with Crippen molar-refractivity contribution in [3.8, 4) is 0 Å². The first kappa shape index (κ1) is 12.3. The summed E-state index contributed by atoms with van der Waals surface area (Å²) in [6.45, 7) is 7.60. The molecule has 0 aliphatic heterocycles. The van der Waals surface area contributed by atoms with Gasteiger partial charge in [-0.3, -0.25) is 0 Å². The molecule has 1 N–H and O–H groups in total. The fraction of sp³-hybridized carbons (Fsp3) is 0.636. The Morgan fingerprint density at radius 1 is 1.53 bits per heavy atom. The van der Waals surface area contributed by atoms with Gasteiger partial charge in [-0.15, -0.1) is 0 Å². The van der Waals surface area contributed by atoms with Crippen molar-refractivity contribution < 1.29 is 4.74 Å². The number of aromatic amines is 1. The van der Waals surface area contributed by atoms with Crippen molar-refractivity contribution in [1.82, 2.24) is 9.97 Å². The lowest BCUT2D eigenvalue weighted by Gasteiger charge is -2.08. The highest BCUT2D eigenvalue weighted by Gasteiger charge is 2.02. The van der Waals surface area contributed by atoms with Gasteiger partial charge in [0.25, 0.3) is 0 Å². The van der Waals surface area contributed by atoms with Gasteiger partial charge in [0.15, 0.2) is 0 Å². The number of H-pyrrole nitrogens is 1. The normalized spacial score (nSPS) is 10.9. The summed E-state index contributed by atoms with van der Waals surface area (Å²) in [5, 5.41) is 0. The van der Waals surface area contributed by atoms with Gasteiger partial charge in [-0.05, 0) is 18.4 Å². The molecule has 0 spiro atoms. The smallest absolute Gasteiger partial charge is 0.134 e. The first-order valence-electron chi connectivity index (χ1n) is 5.31. The highest BCUT2D eigenvalue weighted by Crippen LogP contribution is 2.11. The molecule has 0 atom stereocenters. The van der Waals surface area contributed by atoms with Gasteiger partial charge in [0.2, 0.25) is 0 Å². The Balaban J connectivity index is 2.75. The minimum Gasteiger partial charge on any atom is -0.374 e. The Morgan fingerprint density at radius 3 is 2.87 bits per heavy atom. The summed E-state index contributed by atoms with van der Waals surface area (Å²) < 4.78 is 6.05. The van der Waals surface area contributed by atoms with Crippen LogP contribution in [0.1, 0.15) is 44.6 Å². The van der Waals surface area contributed by atoms with E-state index in [0.29, 0.717) is 17.2 Å². The molecule has 0 fully saturated rings. The van der Waals surface area contributed by atoms with E-state index in [9.17, 15) is 0 Å². The predicted molar refractivity (Wildman–Crippen MR) is 63.5 cm³/mol. The Bertz CT molecular complexity index is 360. The number of nitrogens with zero attached hydrogens (tertiary/aromatic N) is 1. The van der Waals surface area contributed by atoms with Crippen LogP contribution in [-0.2, 0) is 11.3 Å². The predicted octanol–water partition coefficient (Wildman–Crippen LogP) is 3.19. The zero-order chi connectivity index (χ0) is 11.3. The molecule has 0 aliphatic rings. The molecule has 4 heteroatoms. The van der Waals surface area contributed by atoms with Gasteiger partial charge in [0.05, 0.1) is 0 Å². The monoisotopic (exact) mass is 226 g/mol. The fourth-order valence-electron chi connectivity index (χ4n) is 1.22. The third-order valence-corrected chi connectivity index (χ3v) is 2.23. The lowest BCUT2D eigenvalue weighted by atomic mass is 10.1. The Labute approximate surface area is 95.9 Å². The van der Waals surface area contributed by atoms with Gasteiger partial charge in [-0.25, -0.2) is 4.98 Å².